The molecule has 1 aromatic heterocycles. The topological polar surface area (TPSA) is 28.2 Å². The SMILES string of the molecule is CN(C)Cc1ccc(Nc2cccnc2)cc1. The second kappa shape index (κ2) is 5.46. The molecule has 0 saturated heterocycles. The minimum atomic E-state index is 0.965. The predicted octanol–water partition coefficient (Wildman–Crippen LogP) is 2.89. The Morgan fingerprint density at radius 1 is 1.06 bits per heavy atom. The molecule has 2 rings (SSSR count). The fourth-order valence-corrected chi connectivity index (χ4v) is 1.66. The van der Waals surface area contributed by atoms with Gasteiger partial charge in [0.1, 0.15) is 0 Å². The van der Waals surface area contributed by atoms with Crippen molar-refractivity contribution in [3.63, 3.8) is 0 Å². The number of hydrogen-bond donors (Lipinski definition) is 1. The average Bonchev–Trinajstić information content (AvgIpc) is 2.32. The van der Waals surface area contributed by atoms with Crippen molar-refractivity contribution < 1.29 is 0 Å². The van der Waals surface area contributed by atoms with Crippen LogP contribution < -0.4 is 5.32 Å². The molecule has 88 valence electrons. The van der Waals surface area contributed by atoms with Crippen molar-refractivity contribution >= 4 is 11.4 Å². The highest BCUT2D eigenvalue weighted by Crippen LogP contribution is 2.16. The van der Waals surface area contributed by atoms with E-state index in [0.29, 0.717) is 0 Å². The molecule has 0 radical (unpaired) electrons. The zero-order valence-corrected chi connectivity index (χ0v) is 10.2. The van der Waals surface area contributed by atoms with Crippen LogP contribution in [-0.4, -0.2) is 24.0 Å². The van der Waals surface area contributed by atoms with Gasteiger partial charge in [0.25, 0.3) is 0 Å². The van der Waals surface area contributed by atoms with Gasteiger partial charge in [-0.25, -0.2) is 0 Å². The standard InChI is InChI=1S/C14H17N3/c1-17(2)11-12-5-7-13(8-6-12)16-14-4-3-9-15-10-14/h3-10,16H,11H2,1-2H3. The lowest BCUT2D eigenvalue weighted by molar-refractivity contribution is 0.402. The van der Waals surface area contributed by atoms with Crippen LogP contribution in [0.15, 0.2) is 48.8 Å². The molecule has 1 aromatic carbocycles. The molecule has 0 aliphatic heterocycles. The third-order valence-electron chi connectivity index (χ3n) is 2.40. The zero-order valence-electron chi connectivity index (χ0n) is 10.2. The molecule has 2 aromatic rings. The van der Waals surface area contributed by atoms with E-state index in [4.69, 9.17) is 0 Å². The first kappa shape index (κ1) is 11.6. The van der Waals surface area contributed by atoms with Crippen LogP contribution in [0.25, 0.3) is 0 Å². The van der Waals surface area contributed by atoms with Gasteiger partial charge in [-0.1, -0.05) is 12.1 Å². The lowest BCUT2D eigenvalue weighted by atomic mass is 10.2. The third kappa shape index (κ3) is 3.57. The van der Waals surface area contributed by atoms with Crippen LogP contribution in [0.5, 0.6) is 0 Å². The Bertz CT molecular complexity index is 449. The quantitative estimate of drug-likeness (QED) is 0.870. The van der Waals surface area contributed by atoms with E-state index in [1.54, 1.807) is 6.20 Å². The number of anilines is 2. The smallest absolute Gasteiger partial charge is 0.0570 e. The van der Waals surface area contributed by atoms with E-state index < -0.39 is 0 Å². The number of rotatable bonds is 4. The Hall–Kier alpha value is -1.87. The molecule has 0 aliphatic rings. The minimum absolute atomic E-state index is 0.965. The summed E-state index contributed by atoms with van der Waals surface area (Å²) in [7, 11) is 4.14. The summed E-state index contributed by atoms with van der Waals surface area (Å²) in [4.78, 5) is 6.22. The van der Waals surface area contributed by atoms with Crippen LogP contribution in [0.4, 0.5) is 11.4 Å². The van der Waals surface area contributed by atoms with Crippen LogP contribution in [-0.2, 0) is 6.54 Å². The molecular formula is C14H17N3. The molecule has 0 amide bonds. The second-order valence-corrected chi connectivity index (χ2v) is 4.30. The Kier molecular flexibility index (Phi) is 3.73. The van der Waals surface area contributed by atoms with Gasteiger partial charge >= 0.3 is 0 Å². The summed E-state index contributed by atoms with van der Waals surface area (Å²) in [5, 5.41) is 3.31. The normalized spacial score (nSPS) is 10.5. The summed E-state index contributed by atoms with van der Waals surface area (Å²) >= 11 is 0. The molecule has 0 saturated carbocycles. The van der Waals surface area contributed by atoms with Gasteiger partial charge in [-0.3, -0.25) is 4.98 Å². The number of hydrogen-bond acceptors (Lipinski definition) is 3. The first-order chi connectivity index (χ1) is 8.24. The van der Waals surface area contributed by atoms with Crippen molar-refractivity contribution in [2.45, 2.75) is 6.54 Å². The van der Waals surface area contributed by atoms with Gasteiger partial charge < -0.3 is 10.2 Å². The van der Waals surface area contributed by atoms with Crippen LogP contribution in [0.1, 0.15) is 5.56 Å². The molecule has 0 spiro atoms. The second-order valence-electron chi connectivity index (χ2n) is 4.30. The first-order valence-electron chi connectivity index (χ1n) is 5.65. The number of benzene rings is 1. The summed E-state index contributed by atoms with van der Waals surface area (Å²) in [6.07, 6.45) is 3.58. The molecule has 0 aliphatic carbocycles. The van der Waals surface area contributed by atoms with Gasteiger partial charge in [-0.15, -0.1) is 0 Å². The Balaban J connectivity index is 2.03. The number of pyridine rings is 1. The van der Waals surface area contributed by atoms with Crippen LogP contribution in [0.2, 0.25) is 0 Å². The summed E-state index contributed by atoms with van der Waals surface area (Å²) in [5.74, 6) is 0. The molecule has 0 bridgehead atoms. The molecule has 0 unspecified atom stereocenters. The van der Waals surface area contributed by atoms with Crippen LogP contribution in [0, 0.1) is 0 Å². The van der Waals surface area contributed by atoms with Crippen molar-refractivity contribution in [1.29, 1.82) is 0 Å². The first-order valence-corrected chi connectivity index (χ1v) is 5.65. The number of nitrogens with zero attached hydrogens (tertiary/aromatic N) is 2. The molecule has 17 heavy (non-hydrogen) atoms. The molecule has 1 N–H and O–H groups in total. The highest BCUT2D eigenvalue weighted by molar-refractivity contribution is 5.58. The monoisotopic (exact) mass is 227 g/mol. The van der Waals surface area contributed by atoms with Gasteiger partial charge in [-0.05, 0) is 43.9 Å². The van der Waals surface area contributed by atoms with Crippen molar-refractivity contribution in [1.82, 2.24) is 9.88 Å². The molecule has 0 fully saturated rings. The van der Waals surface area contributed by atoms with E-state index >= 15 is 0 Å². The molecule has 1 heterocycles. The van der Waals surface area contributed by atoms with Crippen molar-refractivity contribution in [3.05, 3.63) is 54.4 Å². The maximum atomic E-state index is 4.07. The Morgan fingerprint density at radius 3 is 2.41 bits per heavy atom. The maximum absolute atomic E-state index is 4.07. The van der Waals surface area contributed by atoms with Crippen molar-refractivity contribution in [3.8, 4) is 0 Å². The van der Waals surface area contributed by atoms with E-state index in [0.717, 1.165) is 17.9 Å². The van der Waals surface area contributed by atoms with Crippen molar-refractivity contribution in [2.24, 2.45) is 0 Å². The van der Waals surface area contributed by atoms with Gasteiger partial charge in [-0.2, -0.15) is 0 Å². The lowest BCUT2D eigenvalue weighted by Crippen LogP contribution is -2.10. The van der Waals surface area contributed by atoms with Gasteiger partial charge in [0.05, 0.1) is 11.9 Å². The van der Waals surface area contributed by atoms with Crippen molar-refractivity contribution in [2.75, 3.05) is 19.4 Å². The Labute approximate surface area is 102 Å². The molecule has 3 nitrogen and oxygen atoms in total. The fourth-order valence-electron chi connectivity index (χ4n) is 1.66. The van der Waals surface area contributed by atoms with E-state index in [2.05, 4.69) is 53.6 Å². The summed E-state index contributed by atoms with van der Waals surface area (Å²) in [5.41, 5.74) is 3.40. The highest BCUT2D eigenvalue weighted by atomic mass is 15.0. The number of aromatic nitrogens is 1. The summed E-state index contributed by atoms with van der Waals surface area (Å²) in [6, 6.07) is 12.4. The third-order valence-corrected chi connectivity index (χ3v) is 2.40. The predicted molar refractivity (Wildman–Crippen MR) is 71.4 cm³/mol. The van der Waals surface area contributed by atoms with Gasteiger partial charge in [0.2, 0.25) is 0 Å². The van der Waals surface area contributed by atoms with E-state index in [1.165, 1.54) is 5.56 Å². The number of nitrogens with one attached hydrogen (secondary N) is 1. The maximum Gasteiger partial charge on any atom is 0.0570 e. The van der Waals surface area contributed by atoms with Crippen LogP contribution in [0.3, 0.4) is 0 Å². The molecule has 3 heteroatoms. The fraction of sp³-hybridized carbons (Fsp3) is 0.214. The molecular weight excluding hydrogens is 210 g/mol. The minimum Gasteiger partial charge on any atom is -0.354 e. The van der Waals surface area contributed by atoms with Gasteiger partial charge in [0.15, 0.2) is 0 Å². The van der Waals surface area contributed by atoms with Gasteiger partial charge in [0, 0.05) is 18.4 Å². The Morgan fingerprint density at radius 2 is 1.82 bits per heavy atom. The zero-order chi connectivity index (χ0) is 12.1. The molecule has 0 atom stereocenters. The summed E-state index contributed by atoms with van der Waals surface area (Å²) < 4.78 is 0. The lowest BCUT2D eigenvalue weighted by Gasteiger charge is -2.10. The van der Waals surface area contributed by atoms with E-state index in [9.17, 15) is 0 Å². The van der Waals surface area contributed by atoms with E-state index in [1.807, 2.05) is 18.3 Å². The van der Waals surface area contributed by atoms with Crippen LogP contribution >= 0.6 is 0 Å². The average molecular weight is 227 g/mol. The summed E-state index contributed by atoms with van der Waals surface area (Å²) in [6.45, 7) is 0.965. The largest absolute Gasteiger partial charge is 0.354 e. The van der Waals surface area contributed by atoms with E-state index in [-0.39, 0.29) is 0 Å². The highest BCUT2D eigenvalue weighted by Gasteiger charge is 1.97.